The van der Waals surface area contributed by atoms with Crippen LogP contribution in [0, 0.1) is 6.92 Å². The van der Waals surface area contributed by atoms with E-state index in [0.29, 0.717) is 33.4 Å². The van der Waals surface area contributed by atoms with E-state index in [1.807, 2.05) is 30.3 Å². The van der Waals surface area contributed by atoms with Gasteiger partial charge in [0.25, 0.3) is 11.8 Å². The summed E-state index contributed by atoms with van der Waals surface area (Å²) >= 11 is 1.26. The Kier molecular flexibility index (Phi) is 7.45. The molecule has 32 heavy (non-hydrogen) atoms. The zero-order valence-electron chi connectivity index (χ0n) is 18.1. The molecule has 1 aromatic heterocycles. The summed E-state index contributed by atoms with van der Waals surface area (Å²) in [6.45, 7) is 1.75. The van der Waals surface area contributed by atoms with Crippen LogP contribution >= 0.6 is 11.3 Å². The minimum atomic E-state index is -0.502. The number of carbonyl (C=O) groups excluding carboxylic acids is 2. The van der Waals surface area contributed by atoms with Gasteiger partial charge in [-0.1, -0.05) is 30.3 Å². The second kappa shape index (κ2) is 10.5. The average Bonchev–Trinajstić information content (AvgIpc) is 3.22. The molecule has 2 N–H and O–H groups in total. The lowest BCUT2D eigenvalue weighted by Gasteiger charge is -2.12. The second-order valence-electron chi connectivity index (χ2n) is 6.53. The highest BCUT2D eigenvalue weighted by Gasteiger charge is 2.16. The van der Waals surface area contributed by atoms with Crippen molar-refractivity contribution in [3.8, 4) is 27.8 Å². The van der Waals surface area contributed by atoms with E-state index in [1.54, 1.807) is 25.1 Å². The highest BCUT2D eigenvalue weighted by atomic mass is 32.1. The van der Waals surface area contributed by atoms with Gasteiger partial charge in [-0.05, 0) is 30.7 Å². The van der Waals surface area contributed by atoms with Crippen molar-refractivity contribution in [3.63, 3.8) is 0 Å². The Morgan fingerprint density at radius 1 is 0.969 bits per heavy atom. The van der Waals surface area contributed by atoms with Gasteiger partial charge in [-0.3, -0.25) is 20.4 Å². The minimum absolute atomic E-state index is 0.428. The maximum atomic E-state index is 12.5. The van der Waals surface area contributed by atoms with Crippen LogP contribution in [0.3, 0.4) is 0 Å². The highest BCUT2D eigenvalue weighted by molar-refractivity contribution is 7.17. The first-order chi connectivity index (χ1) is 15.5. The van der Waals surface area contributed by atoms with Crippen molar-refractivity contribution in [1.29, 1.82) is 0 Å². The van der Waals surface area contributed by atoms with Crippen LogP contribution in [0.25, 0.3) is 16.6 Å². The fraction of sp³-hybridized carbons (Fsp3) is 0.174. The van der Waals surface area contributed by atoms with Crippen molar-refractivity contribution < 1.29 is 23.8 Å². The maximum absolute atomic E-state index is 12.5. The summed E-state index contributed by atoms with van der Waals surface area (Å²) in [7, 11) is 4.54. The molecule has 0 saturated heterocycles. The largest absolute Gasteiger partial charge is 0.493 e. The summed E-state index contributed by atoms with van der Waals surface area (Å²) in [5, 5.41) is 0.738. The molecule has 166 valence electrons. The summed E-state index contributed by atoms with van der Waals surface area (Å²) in [5.74, 6) is 0.457. The lowest BCUT2D eigenvalue weighted by atomic mass is 10.1. The van der Waals surface area contributed by atoms with E-state index >= 15 is 0 Å². The first-order valence-corrected chi connectivity index (χ1v) is 10.4. The Morgan fingerprint density at radius 2 is 1.62 bits per heavy atom. The molecule has 9 heteroatoms. The summed E-state index contributed by atoms with van der Waals surface area (Å²) < 4.78 is 15.9. The van der Waals surface area contributed by atoms with Crippen LogP contribution < -0.4 is 25.1 Å². The molecule has 0 unspecified atom stereocenters. The molecular formula is C23H23N3O5S. The van der Waals surface area contributed by atoms with Crippen LogP contribution in [0.15, 0.2) is 48.5 Å². The van der Waals surface area contributed by atoms with Crippen LogP contribution in [-0.2, 0) is 4.79 Å². The Hall–Kier alpha value is -3.85. The number of hydrogen-bond acceptors (Lipinski definition) is 7. The van der Waals surface area contributed by atoms with Crippen molar-refractivity contribution >= 4 is 29.2 Å². The number of benzene rings is 2. The molecule has 0 atom stereocenters. The number of amides is 2. The van der Waals surface area contributed by atoms with E-state index in [4.69, 9.17) is 14.2 Å². The summed E-state index contributed by atoms with van der Waals surface area (Å²) in [4.78, 5) is 29.6. The van der Waals surface area contributed by atoms with Gasteiger partial charge in [0.1, 0.15) is 9.88 Å². The van der Waals surface area contributed by atoms with E-state index in [-0.39, 0.29) is 0 Å². The van der Waals surface area contributed by atoms with Crippen LogP contribution in [0.4, 0.5) is 0 Å². The molecule has 1 heterocycles. The van der Waals surface area contributed by atoms with Gasteiger partial charge in [0.2, 0.25) is 5.75 Å². The van der Waals surface area contributed by atoms with Crippen molar-refractivity contribution in [2.75, 3.05) is 21.3 Å². The fourth-order valence-corrected chi connectivity index (χ4v) is 3.86. The number of methoxy groups -OCH3 is 3. The van der Waals surface area contributed by atoms with Crippen LogP contribution in [0.2, 0.25) is 0 Å². The van der Waals surface area contributed by atoms with Gasteiger partial charge in [-0.25, -0.2) is 4.98 Å². The maximum Gasteiger partial charge on any atom is 0.281 e. The van der Waals surface area contributed by atoms with Gasteiger partial charge in [0.15, 0.2) is 11.5 Å². The van der Waals surface area contributed by atoms with Gasteiger partial charge in [0.05, 0.1) is 27.0 Å². The quantitative estimate of drug-likeness (QED) is 0.419. The highest BCUT2D eigenvalue weighted by Crippen LogP contribution is 2.38. The Bertz CT molecular complexity index is 1120. The number of nitrogens with one attached hydrogen (secondary N) is 2. The molecule has 0 aliphatic heterocycles. The summed E-state index contributed by atoms with van der Waals surface area (Å²) in [6.07, 6.45) is 2.85. The number of hydrogen-bond donors (Lipinski definition) is 2. The van der Waals surface area contributed by atoms with Crippen molar-refractivity contribution in [2.45, 2.75) is 6.92 Å². The van der Waals surface area contributed by atoms with Gasteiger partial charge in [-0.15, -0.1) is 11.3 Å². The van der Waals surface area contributed by atoms with Crippen molar-refractivity contribution in [3.05, 3.63) is 64.7 Å². The van der Waals surface area contributed by atoms with Gasteiger partial charge in [0, 0.05) is 11.6 Å². The topological polar surface area (TPSA) is 98.8 Å². The second-order valence-corrected chi connectivity index (χ2v) is 7.53. The van der Waals surface area contributed by atoms with Crippen molar-refractivity contribution in [1.82, 2.24) is 15.8 Å². The van der Waals surface area contributed by atoms with E-state index in [2.05, 4.69) is 15.8 Å². The molecule has 0 aliphatic rings. The monoisotopic (exact) mass is 453 g/mol. The predicted molar refractivity (Wildman–Crippen MR) is 123 cm³/mol. The number of thiazole rings is 1. The summed E-state index contributed by atoms with van der Waals surface area (Å²) in [6, 6.07) is 13.0. The lowest BCUT2D eigenvalue weighted by molar-refractivity contribution is -0.117. The fourth-order valence-electron chi connectivity index (χ4n) is 2.90. The number of aromatic nitrogens is 1. The Morgan fingerprint density at radius 3 is 2.22 bits per heavy atom. The number of hydrazine groups is 1. The zero-order chi connectivity index (χ0) is 23.1. The molecule has 3 aromatic rings. The molecule has 0 spiro atoms. The van der Waals surface area contributed by atoms with E-state index < -0.39 is 11.8 Å². The Balaban J connectivity index is 1.65. The van der Waals surface area contributed by atoms with Gasteiger partial charge < -0.3 is 14.2 Å². The number of aryl methyl sites for hydroxylation is 1. The number of ether oxygens (including phenoxy) is 3. The molecule has 2 aromatic carbocycles. The third-order valence-electron chi connectivity index (χ3n) is 4.44. The third kappa shape index (κ3) is 5.25. The predicted octanol–water partition coefficient (Wildman–Crippen LogP) is 3.62. The van der Waals surface area contributed by atoms with Gasteiger partial charge in [-0.2, -0.15) is 0 Å². The van der Waals surface area contributed by atoms with E-state index in [9.17, 15) is 9.59 Å². The molecular weight excluding hydrogens is 430 g/mol. The number of nitrogens with zero attached hydrogens (tertiary/aromatic N) is 1. The molecule has 0 radical (unpaired) electrons. The van der Waals surface area contributed by atoms with Gasteiger partial charge >= 0.3 is 0 Å². The Labute approximate surface area is 189 Å². The molecule has 0 bridgehead atoms. The van der Waals surface area contributed by atoms with E-state index in [0.717, 1.165) is 10.6 Å². The van der Waals surface area contributed by atoms with Crippen LogP contribution in [0.1, 0.15) is 20.9 Å². The first kappa shape index (κ1) is 22.8. The molecule has 8 nitrogen and oxygen atoms in total. The zero-order valence-corrected chi connectivity index (χ0v) is 18.9. The van der Waals surface area contributed by atoms with Crippen molar-refractivity contribution in [2.24, 2.45) is 0 Å². The van der Waals surface area contributed by atoms with Crippen LogP contribution in [-0.4, -0.2) is 38.1 Å². The molecule has 0 saturated carbocycles. The first-order valence-electron chi connectivity index (χ1n) is 9.58. The van der Waals surface area contributed by atoms with Crippen LogP contribution in [0.5, 0.6) is 17.2 Å². The third-order valence-corrected chi connectivity index (χ3v) is 5.64. The average molecular weight is 454 g/mol. The van der Waals surface area contributed by atoms with E-state index in [1.165, 1.54) is 38.7 Å². The normalized spacial score (nSPS) is 10.6. The summed E-state index contributed by atoms with van der Waals surface area (Å²) in [5.41, 5.74) is 6.97. The SMILES string of the molecule is COc1cc(/C=C/C(=O)NNC(=O)c2sc(-c3ccccc3)nc2C)cc(OC)c1OC. The minimum Gasteiger partial charge on any atom is -0.493 e. The smallest absolute Gasteiger partial charge is 0.281 e. The molecule has 0 fully saturated rings. The lowest BCUT2D eigenvalue weighted by Crippen LogP contribution is -2.40. The molecule has 2 amide bonds. The number of rotatable bonds is 7. The number of carbonyl (C=O) groups is 2. The standard InChI is InChI=1S/C23H23N3O5S/c1-14-21(32-23(24-14)16-8-6-5-7-9-16)22(28)26-25-19(27)11-10-15-12-17(29-2)20(31-4)18(13-15)30-3/h5-13H,1-4H3,(H,25,27)(H,26,28)/b11-10+. The molecule has 0 aliphatic carbocycles. The molecule has 3 rings (SSSR count).